The van der Waals surface area contributed by atoms with Crippen molar-refractivity contribution in [2.45, 2.75) is 289 Å². The van der Waals surface area contributed by atoms with Crippen LogP contribution in [0.4, 0.5) is 34.1 Å². The van der Waals surface area contributed by atoms with Gasteiger partial charge in [-0.25, -0.2) is 0 Å². The van der Waals surface area contributed by atoms with Crippen molar-refractivity contribution in [1.29, 1.82) is 0 Å². The van der Waals surface area contributed by atoms with E-state index in [-0.39, 0.29) is 10.8 Å². The monoisotopic (exact) mass is 1690 g/mol. The topological polar surface area (TPSA) is 6.48 Å². The fraction of sp³-hybridized carbons (Fsp3) is 0.354. The van der Waals surface area contributed by atoms with Gasteiger partial charge in [0.1, 0.15) is 0 Å². The first-order valence-electron chi connectivity index (χ1n) is 50.8. The molecule has 0 saturated carbocycles. The van der Waals surface area contributed by atoms with Gasteiger partial charge >= 0.3 is 0 Å². The van der Waals surface area contributed by atoms with Crippen molar-refractivity contribution in [3.63, 3.8) is 0 Å². The Hall–Kier alpha value is -11.1. The minimum absolute atomic E-state index is 0.0174. The SMILES string of the molecule is C=CCCCCCCC1(CCCCCCC=C)c2cc(-c3ccc(N(c4ccc(CCCC)cc4)c4ccc(N(c5ccc(CCCC)cc5)c5ccc(-c6ccc7c(c6)C(CCCCCCCC)(CCCCCCCC)c6cc(C)ccc6-7)cc5)cc4)cc3)ccc2-c2ccc(-c3ccc4c(c3)C(c3ccc5c(c3)CC5)(c3ccc5c(c3)CC5)c3cc(C)ccc3-4)cc21. The minimum Gasteiger partial charge on any atom is -0.311 e. The lowest BCUT2D eigenvalue weighted by molar-refractivity contribution is 0.398. The van der Waals surface area contributed by atoms with Gasteiger partial charge in [-0.15, -0.1) is 13.2 Å². The Bertz CT molecular complexity index is 5970. The van der Waals surface area contributed by atoms with Gasteiger partial charge in [0.25, 0.3) is 0 Å². The fourth-order valence-corrected chi connectivity index (χ4v) is 23.4. The zero-order valence-corrected chi connectivity index (χ0v) is 78.8. The third kappa shape index (κ3) is 18.0. The maximum Gasteiger partial charge on any atom is 0.0714 e. The zero-order chi connectivity index (χ0) is 88.3. The smallest absolute Gasteiger partial charge is 0.0714 e. The summed E-state index contributed by atoms with van der Waals surface area (Å²) in [5, 5.41) is 0. The largest absolute Gasteiger partial charge is 0.311 e. The molecule has 658 valence electrons. The van der Waals surface area contributed by atoms with Crippen LogP contribution in [0.5, 0.6) is 0 Å². The maximum atomic E-state index is 4.13. The number of allylic oxidation sites excluding steroid dienone is 2. The van der Waals surface area contributed by atoms with E-state index >= 15 is 0 Å². The summed E-state index contributed by atoms with van der Waals surface area (Å²) in [5.41, 5.74) is 45.7. The summed E-state index contributed by atoms with van der Waals surface area (Å²) in [6.07, 6.45) is 48.0. The Morgan fingerprint density at radius 3 is 0.860 bits per heavy atom. The highest BCUT2D eigenvalue weighted by Gasteiger charge is 2.49. The zero-order valence-electron chi connectivity index (χ0n) is 78.8. The summed E-state index contributed by atoms with van der Waals surface area (Å²) >= 11 is 0. The van der Waals surface area contributed by atoms with Crippen molar-refractivity contribution < 1.29 is 0 Å². The standard InChI is InChI=1S/C127H140N2/c1-9-15-21-25-29-33-79-125(80-34-30-26-22-16-10-2)119-83-91(7)39-73-113(119)114-75-55-101(87-120(114)125)97-51-65-109(66-52-97)128(107-61-41-93(42-62-107)37-19-13-5)111-69-71-112(72-70-111)129(108-63-43-94(44-64-108)38-20-14-6)110-67-53-98(54-68-110)102-56-76-115-116-77-57-103(89-122(116)126(121(115)88-102,81-35-31-27-23-17-11-3)82-36-32-28-24-18-12-4)104-58-78-118-117-74-40-92(8)84-123(117)127(124(118)90-104,105-59-49-95-45-47-99(95)85-105)106-60-50-96-46-48-100(96)86-106/h11-12,39-44,49-78,83-90H,3-4,9-10,13-38,45-48,79-82H2,1-2,5-8H3. The molecule has 2 nitrogen and oxygen atoms in total. The molecule has 0 amide bonds. The molecule has 0 saturated heterocycles. The second-order valence-corrected chi connectivity index (χ2v) is 39.4. The van der Waals surface area contributed by atoms with Crippen molar-refractivity contribution >= 4 is 34.1 Å². The molecule has 0 N–H and O–H groups in total. The molecular weight excluding hydrogens is 1550 g/mol. The van der Waals surface area contributed by atoms with E-state index in [0.29, 0.717) is 0 Å². The summed E-state index contributed by atoms with van der Waals surface area (Å²) < 4.78 is 0. The van der Waals surface area contributed by atoms with Crippen LogP contribution in [0.1, 0.15) is 309 Å². The molecule has 0 bridgehead atoms. The van der Waals surface area contributed by atoms with Crippen molar-refractivity contribution in [2.75, 3.05) is 9.80 Å². The van der Waals surface area contributed by atoms with E-state index in [0.717, 1.165) is 85.5 Å². The average Bonchev–Trinajstić information content (AvgIpc) is 1.53. The van der Waals surface area contributed by atoms with E-state index in [1.165, 1.54) is 324 Å². The number of hydrogen-bond donors (Lipinski definition) is 0. The van der Waals surface area contributed by atoms with Crippen molar-refractivity contribution in [3.8, 4) is 66.8 Å². The first kappa shape index (κ1) is 88.6. The van der Waals surface area contributed by atoms with Crippen molar-refractivity contribution in [2.24, 2.45) is 0 Å². The molecule has 18 rings (SSSR count). The second-order valence-electron chi connectivity index (χ2n) is 39.4. The van der Waals surface area contributed by atoms with Crippen molar-refractivity contribution in [3.05, 3.63) is 381 Å². The first-order valence-corrected chi connectivity index (χ1v) is 50.8. The summed E-state index contributed by atoms with van der Waals surface area (Å²) in [4.78, 5) is 4.96. The molecule has 0 radical (unpaired) electrons. The van der Waals surface area contributed by atoms with Crippen LogP contribution in [-0.4, -0.2) is 0 Å². The molecule has 0 fully saturated rings. The second kappa shape index (κ2) is 40.5. The van der Waals surface area contributed by atoms with E-state index < -0.39 is 5.41 Å². The number of rotatable bonds is 45. The third-order valence-corrected chi connectivity index (χ3v) is 30.9. The molecule has 13 aromatic rings. The van der Waals surface area contributed by atoms with Crippen LogP contribution in [0.3, 0.4) is 0 Å². The number of benzene rings is 13. The number of anilines is 6. The lowest BCUT2D eigenvalue weighted by Gasteiger charge is -2.37. The number of aryl methyl sites for hydroxylation is 8. The molecule has 0 aliphatic heterocycles. The van der Waals surface area contributed by atoms with Crippen LogP contribution in [0.15, 0.2) is 292 Å². The number of unbranched alkanes of at least 4 members (excludes halogenated alkanes) is 20. The van der Waals surface area contributed by atoms with Crippen LogP contribution in [0, 0.1) is 13.8 Å². The molecule has 5 aliphatic rings. The summed E-state index contributed by atoms with van der Waals surface area (Å²) in [6, 6.07) is 108. The number of hydrogen-bond acceptors (Lipinski definition) is 2. The summed E-state index contributed by atoms with van der Waals surface area (Å²) in [5.74, 6) is 0. The van der Waals surface area contributed by atoms with Crippen molar-refractivity contribution in [1.82, 2.24) is 0 Å². The summed E-state index contributed by atoms with van der Waals surface area (Å²) in [7, 11) is 0. The van der Waals surface area contributed by atoms with Crippen LogP contribution < -0.4 is 9.80 Å². The Morgan fingerprint density at radius 2 is 0.519 bits per heavy atom. The predicted molar refractivity (Wildman–Crippen MR) is 555 cm³/mol. The average molecular weight is 1690 g/mol. The number of fused-ring (bicyclic) bond motifs is 11. The molecular formula is C127H140N2. The number of nitrogens with zero attached hydrogens (tertiary/aromatic N) is 2. The highest BCUT2D eigenvalue weighted by Crippen LogP contribution is 2.61. The van der Waals surface area contributed by atoms with E-state index in [1.807, 2.05) is 0 Å². The fourth-order valence-electron chi connectivity index (χ4n) is 23.4. The van der Waals surface area contributed by atoms with E-state index in [4.69, 9.17) is 0 Å². The van der Waals surface area contributed by atoms with Gasteiger partial charge in [-0.1, -0.05) is 349 Å². The van der Waals surface area contributed by atoms with Gasteiger partial charge in [0.05, 0.1) is 5.41 Å². The summed E-state index contributed by atoms with van der Waals surface area (Å²) in [6.45, 7) is 22.1. The van der Waals surface area contributed by atoms with E-state index in [1.54, 1.807) is 11.1 Å². The van der Waals surface area contributed by atoms with Gasteiger partial charge in [-0.2, -0.15) is 0 Å². The van der Waals surface area contributed by atoms with Crippen LogP contribution in [0.25, 0.3) is 66.8 Å². The molecule has 13 aromatic carbocycles. The highest BCUT2D eigenvalue weighted by atomic mass is 15.2. The van der Waals surface area contributed by atoms with E-state index in [2.05, 4.69) is 344 Å². The molecule has 0 aromatic heterocycles. The Morgan fingerprint density at radius 1 is 0.248 bits per heavy atom. The van der Waals surface area contributed by atoms with Crippen LogP contribution >= 0.6 is 0 Å². The minimum atomic E-state index is -0.457. The molecule has 129 heavy (non-hydrogen) atoms. The van der Waals surface area contributed by atoms with Crippen LogP contribution in [0.2, 0.25) is 0 Å². The normalized spacial score (nSPS) is 14.0. The first-order chi connectivity index (χ1) is 63.5. The van der Waals surface area contributed by atoms with Gasteiger partial charge in [0, 0.05) is 45.0 Å². The Kier molecular flexibility index (Phi) is 27.8. The van der Waals surface area contributed by atoms with Gasteiger partial charge in [0.15, 0.2) is 0 Å². The maximum absolute atomic E-state index is 4.13. The quantitative estimate of drug-likeness (QED) is 0.0277. The Balaban J connectivity index is 0.687. The van der Waals surface area contributed by atoms with Gasteiger partial charge < -0.3 is 9.80 Å². The van der Waals surface area contributed by atoms with Gasteiger partial charge in [0.2, 0.25) is 0 Å². The van der Waals surface area contributed by atoms with E-state index in [9.17, 15) is 0 Å². The Labute approximate surface area is 775 Å². The predicted octanol–water partition coefficient (Wildman–Crippen LogP) is 36.6. The molecule has 2 heteroatoms. The molecule has 0 spiro atoms. The van der Waals surface area contributed by atoms with Gasteiger partial charge in [-0.3, -0.25) is 0 Å². The molecule has 0 unspecified atom stereocenters. The lowest BCUT2D eigenvalue weighted by atomic mass is 9.65. The lowest BCUT2D eigenvalue weighted by Crippen LogP contribution is -2.30. The van der Waals surface area contributed by atoms with Crippen LogP contribution in [-0.2, 0) is 54.8 Å². The van der Waals surface area contributed by atoms with Gasteiger partial charge in [-0.05, 0) is 358 Å². The third-order valence-electron chi connectivity index (χ3n) is 30.9. The molecule has 0 atom stereocenters. The highest BCUT2D eigenvalue weighted by molar-refractivity contribution is 5.93. The molecule has 5 aliphatic carbocycles. The molecule has 0 heterocycles.